The van der Waals surface area contributed by atoms with Crippen molar-refractivity contribution in [2.24, 2.45) is 11.5 Å². The number of amides is 1. The van der Waals surface area contributed by atoms with Gasteiger partial charge in [-0.05, 0) is 12.5 Å². The first-order chi connectivity index (χ1) is 16.9. The van der Waals surface area contributed by atoms with Crippen molar-refractivity contribution in [3.05, 3.63) is 81.7 Å². The quantitative estimate of drug-likeness (QED) is 0.448. The van der Waals surface area contributed by atoms with Crippen LogP contribution in [0.25, 0.3) is 5.57 Å². The van der Waals surface area contributed by atoms with Gasteiger partial charge < -0.3 is 21.3 Å². The molecule has 0 bridgehead atoms. The molecular formula is C25H23ClF4N2O3S. The lowest BCUT2D eigenvalue weighted by Crippen LogP contribution is -2.41. The van der Waals surface area contributed by atoms with Crippen LogP contribution in [0.15, 0.2) is 54.1 Å². The summed E-state index contributed by atoms with van der Waals surface area (Å²) in [5.41, 5.74) is 10.4. The minimum absolute atomic E-state index is 0.0264. The number of allylic oxidation sites excluding steroid dienone is 1. The number of aliphatic hydroxyl groups excluding tert-OH is 1. The van der Waals surface area contributed by atoms with Gasteiger partial charge in [-0.1, -0.05) is 65.8 Å². The Morgan fingerprint density at radius 2 is 2.00 bits per heavy atom. The lowest BCUT2D eigenvalue weighted by molar-refractivity contribution is -0.114. The van der Waals surface area contributed by atoms with E-state index in [1.165, 1.54) is 6.92 Å². The summed E-state index contributed by atoms with van der Waals surface area (Å²) in [7, 11) is 0. The predicted molar refractivity (Wildman–Crippen MR) is 131 cm³/mol. The lowest BCUT2D eigenvalue weighted by Gasteiger charge is -2.37. The zero-order valence-corrected chi connectivity index (χ0v) is 20.6. The molecule has 1 aliphatic heterocycles. The van der Waals surface area contributed by atoms with Gasteiger partial charge in [-0.2, -0.15) is 8.78 Å². The molecule has 11 heteroatoms. The van der Waals surface area contributed by atoms with E-state index in [9.17, 15) is 13.6 Å². The van der Waals surface area contributed by atoms with Crippen LogP contribution in [-0.4, -0.2) is 40.3 Å². The fraction of sp³-hybridized carbons (Fsp3) is 0.320. The highest BCUT2D eigenvalue weighted by Gasteiger charge is 2.50. The molecule has 192 valence electrons. The first-order valence-electron chi connectivity index (χ1n) is 10.9. The Hall–Kier alpha value is -2.53. The maximum Gasteiger partial charge on any atom is 0.317 e. The molecule has 0 radical (unpaired) electrons. The Bertz CT molecular complexity index is 1270. The molecule has 2 aliphatic rings. The highest BCUT2D eigenvalue weighted by Crippen LogP contribution is 2.54. The van der Waals surface area contributed by atoms with E-state index in [0.717, 1.165) is 18.2 Å². The van der Waals surface area contributed by atoms with E-state index in [1.54, 1.807) is 30.3 Å². The monoisotopic (exact) mass is 542 g/mol. The first-order valence-corrected chi connectivity index (χ1v) is 12.1. The number of carbonyl (C=O) groups is 1. The average molecular weight is 543 g/mol. The number of primary amides is 1. The summed E-state index contributed by atoms with van der Waals surface area (Å²) in [4.78, 5) is 12.3. The number of fused-ring (bicyclic) bond motifs is 1. The SMILES string of the molecule is CC1(SC(F)(F)CO)C=CC(C(N)=O)=C(c2c(Cl)c(F)cc3c2C[C@@](CN)(c2ccccc2)O3)C1F. The normalized spacial score (nSPS) is 25.6. The molecule has 36 heavy (non-hydrogen) atoms. The van der Waals surface area contributed by atoms with Crippen LogP contribution in [0.3, 0.4) is 0 Å². The molecule has 0 saturated heterocycles. The standard InChI is InChI=1S/C25H23ClF4N2O3S/c1-23(36-25(29,30)12-33)8-7-14(22(32)34)19(21(23)28)18-15-10-24(11-31,13-5-3-2-4-6-13)35-17(15)9-16(27)20(18)26/h2-9,21,33H,10-12,31H2,1H3,(H2,32,34)/t21?,23?,24-/m1/s1. The van der Waals surface area contributed by atoms with Crippen molar-refractivity contribution in [2.45, 2.75) is 35.1 Å². The van der Waals surface area contributed by atoms with Gasteiger partial charge >= 0.3 is 5.25 Å². The van der Waals surface area contributed by atoms with Crippen molar-refractivity contribution >= 4 is 34.8 Å². The van der Waals surface area contributed by atoms with Crippen LogP contribution in [0.5, 0.6) is 5.75 Å². The third-order valence-corrected chi connectivity index (χ3v) is 7.98. The van der Waals surface area contributed by atoms with Gasteiger partial charge in [0.05, 0.1) is 9.77 Å². The van der Waals surface area contributed by atoms with E-state index in [0.29, 0.717) is 5.56 Å². The number of hydrogen-bond donors (Lipinski definition) is 3. The number of nitrogens with two attached hydrogens (primary N) is 2. The van der Waals surface area contributed by atoms with Crippen LogP contribution in [0, 0.1) is 5.82 Å². The third kappa shape index (κ3) is 4.40. The number of halogens is 5. The molecule has 0 spiro atoms. The van der Waals surface area contributed by atoms with Gasteiger partial charge in [0.15, 0.2) is 5.60 Å². The van der Waals surface area contributed by atoms with Crippen molar-refractivity contribution in [1.29, 1.82) is 0 Å². The van der Waals surface area contributed by atoms with Crippen molar-refractivity contribution in [3.8, 4) is 5.75 Å². The van der Waals surface area contributed by atoms with E-state index in [2.05, 4.69) is 0 Å². The third-order valence-electron chi connectivity index (χ3n) is 6.40. The van der Waals surface area contributed by atoms with Gasteiger partial charge in [0.1, 0.15) is 24.3 Å². The van der Waals surface area contributed by atoms with E-state index < -0.39 is 50.7 Å². The molecule has 0 saturated carbocycles. The van der Waals surface area contributed by atoms with Crippen molar-refractivity contribution in [1.82, 2.24) is 0 Å². The predicted octanol–water partition coefficient (Wildman–Crippen LogP) is 4.49. The maximum absolute atomic E-state index is 16.2. The molecular weight excluding hydrogens is 520 g/mol. The molecule has 0 aromatic heterocycles. The van der Waals surface area contributed by atoms with Crippen LogP contribution >= 0.6 is 23.4 Å². The molecule has 1 heterocycles. The highest BCUT2D eigenvalue weighted by atomic mass is 35.5. The van der Waals surface area contributed by atoms with Gasteiger partial charge in [0, 0.05) is 41.3 Å². The fourth-order valence-corrected chi connectivity index (χ4v) is 5.95. The molecule has 1 amide bonds. The van der Waals surface area contributed by atoms with Gasteiger partial charge in [-0.15, -0.1) is 0 Å². The number of carbonyl (C=O) groups excluding carboxylic acids is 1. The molecule has 0 fully saturated rings. The van der Waals surface area contributed by atoms with Crippen LogP contribution in [0.4, 0.5) is 17.6 Å². The van der Waals surface area contributed by atoms with Gasteiger partial charge in [-0.3, -0.25) is 4.79 Å². The molecule has 5 nitrogen and oxygen atoms in total. The largest absolute Gasteiger partial charge is 0.480 e. The molecule has 5 N–H and O–H groups in total. The minimum atomic E-state index is -3.70. The van der Waals surface area contributed by atoms with Crippen molar-refractivity contribution < 1.29 is 32.2 Å². The average Bonchev–Trinajstić information content (AvgIpc) is 3.21. The first kappa shape index (κ1) is 26.5. The second-order valence-electron chi connectivity index (χ2n) is 8.84. The van der Waals surface area contributed by atoms with E-state index >= 15 is 8.78 Å². The lowest BCUT2D eigenvalue weighted by atomic mass is 9.80. The Morgan fingerprint density at radius 3 is 2.58 bits per heavy atom. The molecule has 1 aliphatic carbocycles. The summed E-state index contributed by atoms with van der Waals surface area (Å²) in [5.74, 6) is -1.97. The molecule has 3 atom stereocenters. The summed E-state index contributed by atoms with van der Waals surface area (Å²) in [5, 5.41) is 4.84. The topological polar surface area (TPSA) is 98.6 Å². The van der Waals surface area contributed by atoms with Gasteiger partial charge in [0.2, 0.25) is 5.91 Å². The molecule has 2 aromatic carbocycles. The zero-order chi connectivity index (χ0) is 26.5. The zero-order valence-electron chi connectivity index (χ0n) is 19.0. The van der Waals surface area contributed by atoms with Crippen LogP contribution < -0.4 is 16.2 Å². The number of hydrogen-bond acceptors (Lipinski definition) is 5. The summed E-state index contributed by atoms with van der Waals surface area (Å²) >= 11 is 6.22. The highest BCUT2D eigenvalue weighted by molar-refractivity contribution is 8.01. The van der Waals surface area contributed by atoms with E-state index in [4.69, 9.17) is 32.9 Å². The number of aliphatic hydroxyl groups is 1. The fourth-order valence-electron chi connectivity index (χ4n) is 4.62. The Labute approximate surface area is 214 Å². The van der Waals surface area contributed by atoms with E-state index in [1.807, 2.05) is 0 Å². The van der Waals surface area contributed by atoms with Crippen LogP contribution in [0.2, 0.25) is 5.02 Å². The van der Waals surface area contributed by atoms with Crippen LogP contribution in [-0.2, 0) is 16.8 Å². The van der Waals surface area contributed by atoms with Gasteiger partial charge in [0.25, 0.3) is 0 Å². The Kier molecular flexibility index (Phi) is 6.93. The molecule has 2 aromatic rings. The smallest absolute Gasteiger partial charge is 0.317 e. The Balaban J connectivity index is 1.93. The molecule has 4 rings (SSSR count). The second-order valence-corrected chi connectivity index (χ2v) is 10.9. The number of rotatable bonds is 7. The van der Waals surface area contributed by atoms with Crippen LogP contribution in [0.1, 0.15) is 23.6 Å². The van der Waals surface area contributed by atoms with Crippen molar-refractivity contribution in [3.63, 3.8) is 0 Å². The summed E-state index contributed by atoms with van der Waals surface area (Å²) < 4.78 is 63.7. The van der Waals surface area contributed by atoms with Crippen molar-refractivity contribution in [2.75, 3.05) is 13.2 Å². The Morgan fingerprint density at radius 1 is 1.33 bits per heavy atom. The minimum Gasteiger partial charge on any atom is -0.480 e. The number of thioether (sulfide) groups is 1. The second kappa shape index (κ2) is 9.41. The summed E-state index contributed by atoms with van der Waals surface area (Å²) in [6.45, 7) is -0.380. The number of alkyl halides is 3. The number of ether oxygens (including phenoxy) is 1. The molecule has 2 unspecified atom stereocenters. The maximum atomic E-state index is 16.2. The summed E-state index contributed by atoms with van der Waals surface area (Å²) in [6, 6.07) is 9.94. The van der Waals surface area contributed by atoms with E-state index in [-0.39, 0.29) is 47.2 Å². The van der Waals surface area contributed by atoms with Gasteiger partial charge in [-0.25, -0.2) is 8.78 Å². The summed E-state index contributed by atoms with van der Waals surface area (Å²) in [6.07, 6.45) is -0.0419. The number of benzene rings is 2.